The number of ether oxygens (including phenoxy) is 1. The first-order valence-corrected chi connectivity index (χ1v) is 13.0. The Balaban J connectivity index is 2.90. The fourth-order valence-corrected chi connectivity index (χ4v) is 4.05. The Bertz CT molecular complexity index is 498. The van der Waals surface area contributed by atoms with Gasteiger partial charge in [-0.05, 0) is 58.2 Å². The molecule has 1 amide bonds. The minimum Gasteiger partial charge on any atom is -0.444 e. The molecule has 0 aromatic carbocycles. The average molecular weight is 404 g/mol. The van der Waals surface area contributed by atoms with Crippen LogP contribution in [0.5, 0.6) is 0 Å². The molecule has 0 spiro atoms. The Labute approximate surface area is 166 Å². The first kappa shape index (κ1) is 24.4. The summed E-state index contributed by atoms with van der Waals surface area (Å²) in [5.41, 5.74) is -1.47. The second kappa shape index (κ2) is 8.80. The molecule has 1 rings (SSSR count). The topological polar surface area (TPSA) is 79.2 Å². The molecule has 1 aliphatic rings. The Morgan fingerprint density at radius 3 is 2.30 bits per heavy atom. The zero-order chi connectivity index (χ0) is 21.1. The van der Waals surface area contributed by atoms with E-state index in [2.05, 4.69) is 33.9 Å². The molecule has 0 radical (unpaired) electrons. The van der Waals surface area contributed by atoms with Crippen LogP contribution in [0.3, 0.4) is 0 Å². The molecule has 0 aliphatic carbocycles. The van der Waals surface area contributed by atoms with Gasteiger partial charge in [-0.1, -0.05) is 20.8 Å². The largest absolute Gasteiger partial charge is 0.444 e. The number of piperidine rings is 1. The molecule has 1 aliphatic heterocycles. The highest BCUT2D eigenvalue weighted by Gasteiger charge is 2.45. The highest BCUT2D eigenvalue weighted by Crippen LogP contribution is 2.39. The Kier molecular flexibility index (Phi) is 7.96. The molecule has 0 saturated carbocycles. The smallest absolute Gasteiger partial charge is 0.410 e. The maximum absolute atomic E-state index is 12.5. The van der Waals surface area contributed by atoms with Crippen molar-refractivity contribution in [3.05, 3.63) is 0 Å². The van der Waals surface area contributed by atoms with Gasteiger partial charge in [-0.15, -0.1) is 0 Å². The van der Waals surface area contributed by atoms with Crippen LogP contribution in [0.4, 0.5) is 4.79 Å². The van der Waals surface area contributed by atoms with Crippen molar-refractivity contribution in [3.8, 4) is 0 Å². The molecule has 2 unspecified atom stereocenters. The number of likely N-dealkylation sites (tertiary alicyclic amines) is 1. The molecule has 1 saturated heterocycles. The molecule has 0 aromatic rings. The van der Waals surface area contributed by atoms with Gasteiger partial charge in [0, 0.05) is 32.2 Å². The summed E-state index contributed by atoms with van der Waals surface area (Å²) < 4.78 is 11.9. The first-order chi connectivity index (χ1) is 12.1. The molecule has 2 atom stereocenters. The van der Waals surface area contributed by atoms with E-state index in [0.29, 0.717) is 39.0 Å². The number of amides is 1. The van der Waals surface area contributed by atoms with E-state index in [4.69, 9.17) is 9.16 Å². The van der Waals surface area contributed by atoms with Crippen LogP contribution in [0, 0.1) is 5.92 Å². The van der Waals surface area contributed by atoms with Gasteiger partial charge >= 0.3 is 6.09 Å². The molecule has 2 N–H and O–H groups in total. The molecule has 0 bridgehead atoms. The van der Waals surface area contributed by atoms with Crippen molar-refractivity contribution >= 4 is 14.4 Å². The lowest BCUT2D eigenvalue weighted by molar-refractivity contribution is -0.0941. The van der Waals surface area contributed by atoms with Gasteiger partial charge in [0.15, 0.2) is 8.32 Å². The number of aliphatic hydroxyl groups excluding tert-OH is 1. The van der Waals surface area contributed by atoms with Crippen LogP contribution in [0.1, 0.15) is 60.8 Å². The van der Waals surface area contributed by atoms with Crippen LogP contribution >= 0.6 is 0 Å². The average Bonchev–Trinajstić information content (AvgIpc) is 2.49. The summed E-state index contributed by atoms with van der Waals surface area (Å²) in [7, 11) is -1.97. The van der Waals surface area contributed by atoms with E-state index < -0.39 is 19.5 Å². The summed E-state index contributed by atoms with van der Waals surface area (Å²) >= 11 is 0. The minimum atomic E-state index is -1.97. The second-order valence-corrected chi connectivity index (χ2v) is 15.2. The van der Waals surface area contributed by atoms with Crippen molar-refractivity contribution < 1.29 is 24.2 Å². The monoisotopic (exact) mass is 403 g/mol. The number of aliphatic hydroxyl groups is 2. The molecule has 7 heteroatoms. The fourth-order valence-electron chi connectivity index (χ4n) is 3.00. The Morgan fingerprint density at radius 1 is 1.22 bits per heavy atom. The van der Waals surface area contributed by atoms with Crippen molar-refractivity contribution in [1.82, 2.24) is 4.90 Å². The lowest BCUT2D eigenvalue weighted by Crippen LogP contribution is -2.56. The van der Waals surface area contributed by atoms with Gasteiger partial charge in [0.05, 0.1) is 5.60 Å². The molecule has 1 fully saturated rings. The zero-order valence-corrected chi connectivity index (χ0v) is 19.6. The number of nitrogens with zero attached hydrogens (tertiary/aromatic N) is 1. The highest BCUT2D eigenvalue weighted by molar-refractivity contribution is 6.74. The van der Waals surface area contributed by atoms with Crippen LogP contribution in [-0.4, -0.2) is 67.0 Å². The Hall–Kier alpha value is -0.633. The van der Waals surface area contributed by atoms with Crippen LogP contribution in [0.25, 0.3) is 0 Å². The predicted molar refractivity (Wildman–Crippen MR) is 110 cm³/mol. The maximum atomic E-state index is 12.5. The lowest BCUT2D eigenvalue weighted by atomic mass is 9.78. The summed E-state index contributed by atoms with van der Waals surface area (Å²) in [5, 5.41) is 20.5. The Morgan fingerprint density at radius 2 is 1.81 bits per heavy atom. The summed E-state index contributed by atoms with van der Waals surface area (Å²) in [6.07, 6.45) is 1.18. The number of carbonyl (C=O) groups excluding carboxylic acids is 1. The molecule has 0 aromatic heterocycles. The van der Waals surface area contributed by atoms with Crippen LogP contribution in [-0.2, 0) is 9.16 Å². The lowest BCUT2D eigenvalue weighted by Gasteiger charge is -2.46. The van der Waals surface area contributed by atoms with Gasteiger partial charge in [0.25, 0.3) is 0 Å². The molecular formula is C20H41NO5Si. The number of carbonyl (C=O) groups is 1. The van der Waals surface area contributed by atoms with Crippen molar-refractivity contribution in [2.24, 2.45) is 5.92 Å². The van der Waals surface area contributed by atoms with Crippen LogP contribution < -0.4 is 0 Å². The van der Waals surface area contributed by atoms with E-state index in [-0.39, 0.29) is 23.7 Å². The number of rotatable bonds is 6. The van der Waals surface area contributed by atoms with E-state index in [1.807, 2.05) is 20.8 Å². The minimum absolute atomic E-state index is 0.0495. The molecule has 6 nitrogen and oxygen atoms in total. The van der Waals surface area contributed by atoms with Gasteiger partial charge in [0.1, 0.15) is 5.60 Å². The van der Waals surface area contributed by atoms with Crippen molar-refractivity contribution in [2.45, 2.75) is 90.1 Å². The summed E-state index contributed by atoms with van der Waals surface area (Å²) in [5.74, 6) is -0.195. The second-order valence-electron chi connectivity index (χ2n) is 10.4. The van der Waals surface area contributed by atoms with E-state index >= 15 is 0 Å². The third kappa shape index (κ3) is 7.04. The van der Waals surface area contributed by atoms with Crippen LogP contribution in [0.15, 0.2) is 0 Å². The van der Waals surface area contributed by atoms with Gasteiger partial charge in [0.2, 0.25) is 0 Å². The van der Waals surface area contributed by atoms with E-state index in [0.717, 1.165) is 0 Å². The van der Waals surface area contributed by atoms with E-state index in [1.165, 1.54) is 0 Å². The van der Waals surface area contributed by atoms with Crippen molar-refractivity contribution in [3.63, 3.8) is 0 Å². The number of hydrogen-bond acceptors (Lipinski definition) is 5. The van der Waals surface area contributed by atoms with Crippen molar-refractivity contribution in [1.29, 1.82) is 0 Å². The first-order valence-electron chi connectivity index (χ1n) is 10.1. The third-order valence-electron chi connectivity index (χ3n) is 5.89. The third-order valence-corrected chi connectivity index (χ3v) is 10.4. The number of hydrogen-bond donors (Lipinski definition) is 2. The SMILES string of the molecule is CC(C)(C)OC(=O)N1CCC(O)(CCCO)C(CO[Si](C)(C)C(C)(C)C)C1. The summed E-state index contributed by atoms with van der Waals surface area (Å²) in [6, 6.07) is 0. The highest BCUT2D eigenvalue weighted by atomic mass is 28.4. The van der Waals surface area contributed by atoms with Gasteiger partial charge in [-0.2, -0.15) is 0 Å². The standard InChI is InChI=1S/C20H41NO5Si/c1-18(2,3)26-17(23)21-12-11-20(24,10-9-13-22)16(14-21)15-25-27(7,8)19(4,5)6/h16,22,24H,9-15H2,1-8H3. The molecule has 1 heterocycles. The molecule has 27 heavy (non-hydrogen) atoms. The van der Waals surface area contributed by atoms with E-state index in [1.54, 1.807) is 4.90 Å². The summed E-state index contributed by atoms with van der Waals surface area (Å²) in [6.45, 7) is 17.8. The quantitative estimate of drug-likeness (QED) is 0.660. The van der Waals surface area contributed by atoms with Crippen molar-refractivity contribution in [2.75, 3.05) is 26.3 Å². The fraction of sp³-hybridized carbons (Fsp3) is 0.950. The maximum Gasteiger partial charge on any atom is 0.410 e. The summed E-state index contributed by atoms with van der Waals surface area (Å²) in [4.78, 5) is 14.2. The zero-order valence-electron chi connectivity index (χ0n) is 18.6. The van der Waals surface area contributed by atoms with Crippen LogP contribution in [0.2, 0.25) is 18.1 Å². The van der Waals surface area contributed by atoms with Gasteiger partial charge in [-0.3, -0.25) is 0 Å². The van der Waals surface area contributed by atoms with Gasteiger partial charge in [-0.25, -0.2) is 4.79 Å². The molecule has 160 valence electrons. The predicted octanol–water partition coefficient (Wildman–Crippen LogP) is 3.77. The normalized spacial score (nSPS) is 24.8. The molecular weight excluding hydrogens is 362 g/mol. The van der Waals surface area contributed by atoms with E-state index in [9.17, 15) is 15.0 Å². The van der Waals surface area contributed by atoms with Gasteiger partial charge < -0.3 is 24.3 Å².